The summed E-state index contributed by atoms with van der Waals surface area (Å²) in [4.78, 5) is 13.9. The Balaban J connectivity index is 1.62. The lowest BCUT2D eigenvalue weighted by Gasteiger charge is -2.35. The fraction of sp³-hybridized carbons (Fsp3) is 0.769. The third-order valence-electron chi connectivity index (χ3n) is 3.50. The first kappa shape index (κ1) is 13.3. The lowest BCUT2D eigenvalue weighted by atomic mass is 10.2. The second-order valence-electron chi connectivity index (χ2n) is 4.86. The molecule has 0 bridgehead atoms. The first-order chi connectivity index (χ1) is 8.79. The maximum atomic E-state index is 11.5. The van der Waals surface area contributed by atoms with Crippen molar-refractivity contribution in [1.29, 1.82) is 0 Å². The summed E-state index contributed by atoms with van der Waals surface area (Å²) in [6, 6.07) is 0.606. The molecule has 5 nitrogen and oxygen atoms in total. The van der Waals surface area contributed by atoms with Gasteiger partial charge in [-0.15, -0.1) is 6.42 Å². The molecule has 0 spiro atoms. The molecule has 2 aliphatic heterocycles. The van der Waals surface area contributed by atoms with Crippen molar-refractivity contribution in [3.8, 4) is 12.3 Å². The molecule has 2 unspecified atom stereocenters. The molecule has 0 aromatic carbocycles. The lowest BCUT2D eigenvalue weighted by Crippen LogP contribution is -2.50. The maximum absolute atomic E-state index is 11.5. The van der Waals surface area contributed by atoms with Crippen LogP contribution >= 0.6 is 0 Å². The van der Waals surface area contributed by atoms with E-state index < -0.39 is 0 Å². The van der Waals surface area contributed by atoms with Gasteiger partial charge in [0.25, 0.3) is 0 Å². The Labute approximate surface area is 108 Å². The molecular formula is C13H21N3O2. The zero-order chi connectivity index (χ0) is 12.8. The largest absolute Gasteiger partial charge is 0.373 e. The highest BCUT2D eigenvalue weighted by Crippen LogP contribution is 2.22. The van der Waals surface area contributed by atoms with Crippen LogP contribution in [-0.4, -0.2) is 62.3 Å². The maximum Gasteiger partial charge on any atom is 0.234 e. The van der Waals surface area contributed by atoms with Gasteiger partial charge in [-0.25, -0.2) is 0 Å². The number of rotatable bonds is 5. The lowest BCUT2D eigenvalue weighted by molar-refractivity contribution is -0.121. The van der Waals surface area contributed by atoms with Crippen molar-refractivity contribution in [2.24, 2.45) is 0 Å². The predicted molar refractivity (Wildman–Crippen MR) is 69.0 cm³/mol. The number of ether oxygens (including phenoxy) is 1. The van der Waals surface area contributed by atoms with Crippen molar-refractivity contribution in [2.45, 2.75) is 25.0 Å². The number of carbonyl (C=O) groups excluding carboxylic acids is 1. The molecule has 2 heterocycles. The van der Waals surface area contributed by atoms with E-state index in [-0.39, 0.29) is 18.6 Å². The molecule has 2 rings (SSSR count). The number of hydrogen-bond donors (Lipinski definition) is 2. The standard InChI is InChI=1S/C13H21N3O2/c1-2-5-14-8-13(17)15-7-12-9-16-6-3-4-11(16)10-18-12/h1,11-12,14H,3-10H2,(H,15,17). The van der Waals surface area contributed by atoms with E-state index in [9.17, 15) is 4.79 Å². The highest BCUT2D eigenvalue weighted by Gasteiger charge is 2.32. The van der Waals surface area contributed by atoms with Gasteiger partial charge in [0.1, 0.15) is 0 Å². The summed E-state index contributed by atoms with van der Waals surface area (Å²) in [7, 11) is 0. The van der Waals surface area contributed by atoms with Gasteiger partial charge < -0.3 is 10.1 Å². The normalized spacial score (nSPS) is 27.5. The molecule has 0 saturated carbocycles. The Morgan fingerprint density at radius 3 is 3.28 bits per heavy atom. The van der Waals surface area contributed by atoms with Crippen molar-refractivity contribution in [2.75, 3.05) is 39.3 Å². The summed E-state index contributed by atoms with van der Waals surface area (Å²) in [5.41, 5.74) is 0. The van der Waals surface area contributed by atoms with Crippen LogP contribution in [-0.2, 0) is 9.53 Å². The Morgan fingerprint density at radius 2 is 2.44 bits per heavy atom. The fourth-order valence-electron chi connectivity index (χ4n) is 2.55. The highest BCUT2D eigenvalue weighted by atomic mass is 16.5. The molecule has 2 N–H and O–H groups in total. The van der Waals surface area contributed by atoms with E-state index in [2.05, 4.69) is 21.5 Å². The smallest absolute Gasteiger partial charge is 0.234 e. The highest BCUT2D eigenvalue weighted by molar-refractivity contribution is 5.78. The molecular weight excluding hydrogens is 230 g/mol. The number of fused-ring (bicyclic) bond motifs is 1. The molecule has 18 heavy (non-hydrogen) atoms. The van der Waals surface area contributed by atoms with E-state index in [0.717, 1.165) is 13.2 Å². The molecule has 2 fully saturated rings. The number of carbonyl (C=O) groups is 1. The molecule has 0 aliphatic carbocycles. The van der Waals surface area contributed by atoms with E-state index in [1.54, 1.807) is 0 Å². The summed E-state index contributed by atoms with van der Waals surface area (Å²) in [5, 5.41) is 5.73. The van der Waals surface area contributed by atoms with E-state index in [1.807, 2.05) is 0 Å². The third kappa shape index (κ3) is 3.70. The Hall–Kier alpha value is -1.09. The molecule has 2 aliphatic rings. The van der Waals surface area contributed by atoms with E-state index >= 15 is 0 Å². The van der Waals surface area contributed by atoms with Crippen LogP contribution in [0.25, 0.3) is 0 Å². The zero-order valence-electron chi connectivity index (χ0n) is 10.7. The van der Waals surface area contributed by atoms with E-state index in [1.165, 1.54) is 19.4 Å². The minimum Gasteiger partial charge on any atom is -0.373 e. The van der Waals surface area contributed by atoms with Gasteiger partial charge in [-0.1, -0.05) is 5.92 Å². The van der Waals surface area contributed by atoms with E-state index in [0.29, 0.717) is 19.1 Å². The average Bonchev–Trinajstić information content (AvgIpc) is 2.84. The molecule has 0 aromatic heterocycles. The molecule has 100 valence electrons. The molecule has 5 heteroatoms. The van der Waals surface area contributed by atoms with Gasteiger partial charge >= 0.3 is 0 Å². The number of amides is 1. The summed E-state index contributed by atoms with van der Waals surface area (Å²) in [6.45, 7) is 4.17. The molecule has 0 radical (unpaired) electrons. The predicted octanol–water partition coefficient (Wildman–Crippen LogP) is -0.811. The Kier molecular flexibility index (Phi) is 5.00. The number of nitrogens with one attached hydrogen (secondary N) is 2. The SMILES string of the molecule is C#CCNCC(=O)NCC1CN2CCCC2CO1. The zero-order valence-corrected chi connectivity index (χ0v) is 10.7. The fourth-order valence-corrected chi connectivity index (χ4v) is 2.55. The van der Waals surface area contributed by atoms with Gasteiger partial charge in [0.05, 0.1) is 25.8 Å². The van der Waals surface area contributed by atoms with Crippen LogP contribution in [0.2, 0.25) is 0 Å². The van der Waals surface area contributed by atoms with Crippen molar-refractivity contribution in [3.05, 3.63) is 0 Å². The summed E-state index contributed by atoms with van der Waals surface area (Å²) < 4.78 is 5.76. The van der Waals surface area contributed by atoms with Gasteiger partial charge in [0.2, 0.25) is 5.91 Å². The average molecular weight is 251 g/mol. The Bertz CT molecular complexity index is 327. The van der Waals surface area contributed by atoms with Crippen molar-refractivity contribution in [1.82, 2.24) is 15.5 Å². The first-order valence-corrected chi connectivity index (χ1v) is 6.56. The van der Waals surface area contributed by atoms with Crippen LogP contribution in [0.3, 0.4) is 0 Å². The van der Waals surface area contributed by atoms with Gasteiger partial charge in [-0.2, -0.15) is 0 Å². The van der Waals surface area contributed by atoms with Crippen molar-refractivity contribution >= 4 is 5.91 Å². The molecule has 1 amide bonds. The quantitative estimate of drug-likeness (QED) is 0.496. The Morgan fingerprint density at radius 1 is 1.56 bits per heavy atom. The van der Waals surface area contributed by atoms with Gasteiger partial charge in [-0.3, -0.25) is 15.0 Å². The number of morpholine rings is 1. The van der Waals surface area contributed by atoms with Gasteiger partial charge in [0.15, 0.2) is 0 Å². The number of hydrogen-bond acceptors (Lipinski definition) is 4. The summed E-state index contributed by atoms with van der Waals surface area (Å²) >= 11 is 0. The summed E-state index contributed by atoms with van der Waals surface area (Å²) in [5.74, 6) is 2.40. The second kappa shape index (κ2) is 6.74. The van der Waals surface area contributed by atoms with Crippen molar-refractivity contribution < 1.29 is 9.53 Å². The third-order valence-corrected chi connectivity index (χ3v) is 3.50. The van der Waals surface area contributed by atoms with Crippen LogP contribution in [0.15, 0.2) is 0 Å². The first-order valence-electron chi connectivity index (χ1n) is 6.56. The van der Waals surface area contributed by atoms with Crippen LogP contribution in [0.5, 0.6) is 0 Å². The molecule has 2 atom stereocenters. The van der Waals surface area contributed by atoms with Crippen molar-refractivity contribution in [3.63, 3.8) is 0 Å². The minimum absolute atomic E-state index is 0.0302. The second-order valence-corrected chi connectivity index (χ2v) is 4.86. The van der Waals surface area contributed by atoms with Crippen LogP contribution in [0, 0.1) is 12.3 Å². The number of terminal acetylenes is 1. The summed E-state index contributed by atoms with van der Waals surface area (Å²) in [6.07, 6.45) is 7.72. The number of nitrogens with zero attached hydrogens (tertiary/aromatic N) is 1. The van der Waals surface area contributed by atoms with Crippen LogP contribution in [0.1, 0.15) is 12.8 Å². The monoisotopic (exact) mass is 251 g/mol. The molecule has 2 saturated heterocycles. The van der Waals surface area contributed by atoms with Gasteiger partial charge in [0, 0.05) is 19.1 Å². The molecule has 0 aromatic rings. The minimum atomic E-state index is -0.0302. The topological polar surface area (TPSA) is 53.6 Å². The van der Waals surface area contributed by atoms with Crippen LogP contribution < -0.4 is 10.6 Å². The van der Waals surface area contributed by atoms with E-state index in [4.69, 9.17) is 11.2 Å². The van der Waals surface area contributed by atoms with Gasteiger partial charge in [-0.05, 0) is 19.4 Å². The van der Waals surface area contributed by atoms with Crippen LogP contribution in [0.4, 0.5) is 0 Å².